The molecule has 0 unspecified atom stereocenters. The molecular formula is C10H22O. The zero-order chi connectivity index (χ0) is 9.28. The van der Waals surface area contributed by atoms with E-state index in [9.17, 15) is 4.79 Å². The zero-order valence-corrected chi connectivity index (χ0v) is 8.61. The Morgan fingerprint density at radius 1 is 1.18 bits per heavy atom. The molecule has 0 rings (SSSR count). The van der Waals surface area contributed by atoms with Crippen molar-refractivity contribution in [2.24, 2.45) is 5.92 Å². The number of hydrogen-bond acceptors (Lipinski definition) is 1. The van der Waals surface area contributed by atoms with Crippen LogP contribution in [0, 0.1) is 5.92 Å². The molecule has 0 aliphatic rings. The molecule has 1 heteroatoms. The van der Waals surface area contributed by atoms with Crippen molar-refractivity contribution < 1.29 is 4.79 Å². The predicted octanol–water partition coefficient (Wildman–Crippen LogP) is 3.43. The molecule has 0 radical (unpaired) electrons. The van der Waals surface area contributed by atoms with Crippen LogP contribution in [0.2, 0.25) is 0 Å². The first-order chi connectivity index (χ1) is 5.06. The molecule has 0 saturated carbocycles. The van der Waals surface area contributed by atoms with E-state index in [2.05, 4.69) is 13.8 Å². The number of carbonyl (C=O) groups excluding carboxylic acids is 1. The number of unbranched alkanes of at least 4 members (excludes halogenated alkanes) is 2. The maximum atomic E-state index is 10.1. The fraction of sp³-hybridized carbons (Fsp3) is 0.900. The van der Waals surface area contributed by atoms with Gasteiger partial charge >= 0.3 is 0 Å². The number of rotatable bonds is 3. The molecule has 0 atom stereocenters. The van der Waals surface area contributed by atoms with Gasteiger partial charge in [-0.1, -0.05) is 47.0 Å². The molecule has 0 aromatic heterocycles. The van der Waals surface area contributed by atoms with Crippen molar-refractivity contribution in [1.82, 2.24) is 0 Å². The number of ketones is 1. The van der Waals surface area contributed by atoms with Crippen LogP contribution in [0.4, 0.5) is 0 Å². The molecule has 0 bridgehead atoms. The minimum absolute atomic E-state index is 0.213. The van der Waals surface area contributed by atoms with Gasteiger partial charge in [0.2, 0.25) is 0 Å². The molecule has 11 heavy (non-hydrogen) atoms. The maximum absolute atomic E-state index is 10.1. The molecule has 0 aliphatic heterocycles. The van der Waals surface area contributed by atoms with Crippen LogP contribution < -0.4 is 0 Å². The average molecular weight is 158 g/mol. The highest BCUT2D eigenvalue weighted by Gasteiger charge is 1.95. The van der Waals surface area contributed by atoms with Crippen LogP contribution in [0.5, 0.6) is 0 Å². The standard InChI is InChI=1S/C5H10O.C5H12/c1-4(2)5(3)6;1-3-5-4-2/h4H,1-3H3;3-5H2,1-2H3. The quantitative estimate of drug-likeness (QED) is 0.615. The summed E-state index contributed by atoms with van der Waals surface area (Å²) in [6, 6.07) is 0. The van der Waals surface area contributed by atoms with Crippen LogP contribution in [0.1, 0.15) is 53.9 Å². The Bertz CT molecular complexity index is 82.9. The van der Waals surface area contributed by atoms with Gasteiger partial charge in [0.1, 0.15) is 5.78 Å². The van der Waals surface area contributed by atoms with Gasteiger partial charge in [-0.05, 0) is 6.92 Å². The fourth-order valence-corrected chi connectivity index (χ4v) is 0.354. The monoisotopic (exact) mass is 158 g/mol. The van der Waals surface area contributed by atoms with Crippen molar-refractivity contribution in [2.45, 2.75) is 53.9 Å². The van der Waals surface area contributed by atoms with Gasteiger partial charge in [0, 0.05) is 5.92 Å². The van der Waals surface area contributed by atoms with Gasteiger partial charge in [-0.15, -0.1) is 0 Å². The summed E-state index contributed by atoms with van der Waals surface area (Å²) in [4.78, 5) is 10.1. The van der Waals surface area contributed by atoms with Gasteiger partial charge in [-0.25, -0.2) is 0 Å². The molecule has 0 aromatic carbocycles. The van der Waals surface area contributed by atoms with E-state index in [-0.39, 0.29) is 11.7 Å². The van der Waals surface area contributed by atoms with Gasteiger partial charge in [0.15, 0.2) is 0 Å². The predicted molar refractivity (Wildman–Crippen MR) is 50.7 cm³/mol. The van der Waals surface area contributed by atoms with Crippen molar-refractivity contribution in [3.8, 4) is 0 Å². The molecule has 0 amide bonds. The molecule has 1 nitrogen and oxygen atoms in total. The summed E-state index contributed by atoms with van der Waals surface area (Å²) in [6.07, 6.45) is 4.08. The average Bonchev–Trinajstić information content (AvgIpc) is 1.90. The minimum Gasteiger partial charge on any atom is -0.300 e. The van der Waals surface area contributed by atoms with Crippen molar-refractivity contribution >= 4 is 5.78 Å². The van der Waals surface area contributed by atoms with Gasteiger partial charge in [0.25, 0.3) is 0 Å². The fourth-order valence-electron chi connectivity index (χ4n) is 0.354. The van der Waals surface area contributed by atoms with Crippen LogP contribution in [0.15, 0.2) is 0 Å². The molecule has 0 spiro atoms. The van der Waals surface area contributed by atoms with Gasteiger partial charge in [-0.2, -0.15) is 0 Å². The largest absolute Gasteiger partial charge is 0.300 e. The second-order valence-corrected chi connectivity index (χ2v) is 3.12. The first-order valence-corrected chi connectivity index (χ1v) is 4.56. The second-order valence-electron chi connectivity index (χ2n) is 3.12. The maximum Gasteiger partial charge on any atom is 0.132 e. The summed E-state index contributed by atoms with van der Waals surface area (Å²) < 4.78 is 0. The highest BCUT2D eigenvalue weighted by Crippen LogP contribution is 1.89. The van der Waals surface area contributed by atoms with Gasteiger partial charge in [0.05, 0.1) is 0 Å². The third kappa shape index (κ3) is 17.7. The van der Waals surface area contributed by atoms with Crippen LogP contribution in [0.3, 0.4) is 0 Å². The van der Waals surface area contributed by atoms with Crippen LogP contribution in [-0.4, -0.2) is 5.78 Å². The van der Waals surface area contributed by atoms with E-state index >= 15 is 0 Å². The molecule has 0 fully saturated rings. The van der Waals surface area contributed by atoms with Crippen LogP contribution >= 0.6 is 0 Å². The van der Waals surface area contributed by atoms with Crippen molar-refractivity contribution in [1.29, 1.82) is 0 Å². The van der Waals surface area contributed by atoms with E-state index in [1.54, 1.807) is 6.92 Å². The summed E-state index contributed by atoms with van der Waals surface area (Å²) in [5.74, 6) is 0.472. The van der Waals surface area contributed by atoms with Crippen molar-refractivity contribution in [3.63, 3.8) is 0 Å². The molecule has 0 N–H and O–H groups in total. The van der Waals surface area contributed by atoms with E-state index in [0.29, 0.717) is 0 Å². The number of hydrogen-bond donors (Lipinski definition) is 0. The third-order valence-corrected chi connectivity index (χ3v) is 1.52. The normalized spacial score (nSPS) is 8.91. The van der Waals surface area contributed by atoms with E-state index in [1.165, 1.54) is 19.3 Å². The summed E-state index contributed by atoms with van der Waals surface area (Å²) in [7, 11) is 0. The Labute approximate surface area is 71.2 Å². The molecule has 0 saturated heterocycles. The van der Waals surface area contributed by atoms with E-state index in [0.717, 1.165) is 0 Å². The van der Waals surface area contributed by atoms with Gasteiger partial charge < -0.3 is 0 Å². The first kappa shape index (κ1) is 13.3. The van der Waals surface area contributed by atoms with Crippen LogP contribution in [0.25, 0.3) is 0 Å². The van der Waals surface area contributed by atoms with Crippen molar-refractivity contribution in [2.75, 3.05) is 0 Å². The lowest BCUT2D eigenvalue weighted by atomic mass is 10.1. The number of Topliss-reactive ketones (excluding diaryl/α,β-unsaturated/α-hetero) is 1. The Hall–Kier alpha value is -0.330. The van der Waals surface area contributed by atoms with Crippen LogP contribution in [-0.2, 0) is 4.79 Å². The minimum atomic E-state index is 0.213. The lowest BCUT2D eigenvalue weighted by molar-refractivity contribution is -0.119. The molecule has 68 valence electrons. The van der Waals surface area contributed by atoms with Gasteiger partial charge in [-0.3, -0.25) is 4.79 Å². The summed E-state index contributed by atoms with van der Waals surface area (Å²) in [5.41, 5.74) is 0. The Balaban J connectivity index is 0. The molecule has 0 aromatic rings. The lowest BCUT2D eigenvalue weighted by Gasteiger charge is -1.90. The topological polar surface area (TPSA) is 17.1 Å². The Kier molecular flexibility index (Phi) is 11.7. The molecule has 0 aliphatic carbocycles. The summed E-state index contributed by atoms with van der Waals surface area (Å²) in [6.45, 7) is 9.81. The lowest BCUT2D eigenvalue weighted by Crippen LogP contribution is -1.98. The summed E-state index contributed by atoms with van der Waals surface area (Å²) >= 11 is 0. The van der Waals surface area contributed by atoms with Crippen molar-refractivity contribution in [3.05, 3.63) is 0 Å². The second kappa shape index (κ2) is 9.67. The number of carbonyl (C=O) groups is 1. The Morgan fingerprint density at radius 2 is 1.45 bits per heavy atom. The van der Waals surface area contributed by atoms with E-state index in [4.69, 9.17) is 0 Å². The smallest absolute Gasteiger partial charge is 0.132 e. The molecule has 0 heterocycles. The Morgan fingerprint density at radius 3 is 1.45 bits per heavy atom. The third-order valence-electron chi connectivity index (χ3n) is 1.52. The highest BCUT2D eigenvalue weighted by molar-refractivity contribution is 5.77. The zero-order valence-electron chi connectivity index (χ0n) is 8.61. The van der Waals surface area contributed by atoms with E-state index in [1.807, 2.05) is 13.8 Å². The SMILES string of the molecule is CC(=O)C(C)C.CCCCC. The first-order valence-electron chi connectivity index (χ1n) is 4.56. The molecular weight excluding hydrogens is 136 g/mol. The highest BCUT2D eigenvalue weighted by atomic mass is 16.1. The summed E-state index contributed by atoms with van der Waals surface area (Å²) in [5, 5.41) is 0. The van der Waals surface area contributed by atoms with E-state index < -0.39 is 0 Å².